The van der Waals surface area contributed by atoms with Crippen molar-refractivity contribution in [1.82, 2.24) is 20.4 Å². The highest BCUT2D eigenvalue weighted by Gasteiger charge is 2.25. The van der Waals surface area contributed by atoms with Crippen molar-refractivity contribution in [1.29, 1.82) is 0 Å². The van der Waals surface area contributed by atoms with Crippen LogP contribution in [0.15, 0.2) is 39.5 Å². The molecular formula is C19H22N4O3. The Bertz CT molecular complexity index is 856. The van der Waals surface area contributed by atoms with Crippen molar-refractivity contribution in [2.45, 2.75) is 38.1 Å². The summed E-state index contributed by atoms with van der Waals surface area (Å²) in [4.78, 5) is 9.09. The van der Waals surface area contributed by atoms with Crippen LogP contribution in [0.4, 0.5) is 0 Å². The quantitative estimate of drug-likeness (QED) is 0.753. The number of nitrogens with zero attached hydrogens (tertiary/aromatic N) is 3. The van der Waals surface area contributed by atoms with E-state index in [0.29, 0.717) is 30.1 Å². The summed E-state index contributed by atoms with van der Waals surface area (Å²) in [6.07, 6.45) is 4.18. The zero-order valence-corrected chi connectivity index (χ0v) is 14.9. The predicted molar refractivity (Wildman–Crippen MR) is 95.0 cm³/mol. The molecule has 0 saturated carbocycles. The Balaban J connectivity index is 1.44. The summed E-state index contributed by atoms with van der Waals surface area (Å²) in [6.45, 7) is 3.16. The highest BCUT2D eigenvalue weighted by Crippen LogP contribution is 2.27. The van der Waals surface area contributed by atoms with Crippen molar-refractivity contribution in [3.05, 3.63) is 47.9 Å². The van der Waals surface area contributed by atoms with Gasteiger partial charge in [-0.1, -0.05) is 5.16 Å². The Labute approximate surface area is 151 Å². The zero-order chi connectivity index (χ0) is 17.9. The second-order valence-corrected chi connectivity index (χ2v) is 6.67. The zero-order valence-electron chi connectivity index (χ0n) is 14.9. The number of rotatable bonds is 5. The van der Waals surface area contributed by atoms with Crippen LogP contribution in [-0.4, -0.2) is 34.8 Å². The van der Waals surface area contributed by atoms with Crippen molar-refractivity contribution in [3.8, 4) is 17.2 Å². The number of aromatic nitrogens is 3. The average molecular weight is 354 g/mol. The highest BCUT2D eigenvalue weighted by atomic mass is 16.5. The van der Waals surface area contributed by atoms with Gasteiger partial charge in [0.25, 0.3) is 0 Å². The lowest BCUT2D eigenvalue weighted by Crippen LogP contribution is -2.34. The van der Waals surface area contributed by atoms with E-state index >= 15 is 0 Å². The summed E-state index contributed by atoms with van der Waals surface area (Å²) >= 11 is 0. The Hall–Kier alpha value is -2.67. The SMILES string of the molecule is COc1ccc(-c2nc(Cc3noc([C@H]4CCN[C@@H](C)C4)n3)co2)cc1. The van der Waals surface area contributed by atoms with Crippen LogP contribution in [0.3, 0.4) is 0 Å². The molecule has 7 heteroatoms. The third-order valence-electron chi connectivity index (χ3n) is 4.68. The van der Waals surface area contributed by atoms with Gasteiger partial charge in [-0.3, -0.25) is 0 Å². The van der Waals surface area contributed by atoms with Crippen molar-refractivity contribution in [2.24, 2.45) is 0 Å². The van der Waals surface area contributed by atoms with Crippen LogP contribution in [0.1, 0.15) is 43.1 Å². The molecule has 3 heterocycles. The normalized spacial score (nSPS) is 20.2. The Kier molecular flexibility index (Phi) is 4.71. The van der Waals surface area contributed by atoms with Crippen LogP contribution in [0.2, 0.25) is 0 Å². The molecule has 7 nitrogen and oxygen atoms in total. The van der Waals surface area contributed by atoms with Crippen molar-refractivity contribution < 1.29 is 13.7 Å². The second-order valence-electron chi connectivity index (χ2n) is 6.67. The van der Waals surface area contributed by atoms with Crippen LogP contribution >= 0.6 is 0 Å². The predicted octanol–water partition coefficient (Wildman–Crippen LogP) is 3.18. The van der Waals surface area contributed by atoms with Gasteiger partial charge in [0.2, 0.25) is 11.8 Å². The van der Waals surface area contributed by atoms with Gasteiger partial charge in [0.1, 0.15) is 12.0 Å². The van der Waals surface area contributed by atoms with E-state index in [1.54, 1.807) is 13.4 Å². The molecule has 0 amide bonds. The van der Waals surface area contributed by atoms with Gasteiger partial charge < -0.3 is 19.0 Å². The largest absolute Gasteiger partial charge is 0.497 e. The summed E-state index contributed by atoms with van der Waals surface area (Å²) < 4.78 is 16.2. The van der Waals surface area contributed by atoms with Crippen LogP contribution in [0.5, 0.6) is 5.75 Å². The molecule has 0 bridgehead atoms. The Morgan fingerprint density at radius 2 is 2.08 bits per heavy atom. The maximum Gasteiger partial charge on any atom is 0.229 e. The molecule has 2 aromatic heterocycles. The molecule has 4 rings (SSSR count). The van der Waals surface area contributed by atoms with Gasteiger partial charge in [0.15, 0.2) is 5.82 Å². The summed E-state index contributed by atoms with van der Waals surface area (Å²) in [7, 11) is 1.64. The number of ether oxygens (including phenoxy) is 1. The van der Waals surface area contributed by atoms with Crippen LogP contribution in [0.25, 0.3) is 11.5 Å². The number of hydrogen-bond acceptors (Lipinski definition) is 7. The van der Waals surface area contributed by atoms with Gasteiger partial charge in [-0.25, -0.2) is 4.98 Å². The summed E-state index contributed by atoms with van der Waals surface area (Å²) in [5, 5.41) is 7.55. The minimum atomic E-state index is 0.333. The number of oxazole rings is 1. The molecule has 3 aromatic rings. The molecule has 26 heavy (non-hydrogen) atoms. The van der Waals surface area contributed by atoms with E-state index in [0.717, 1.165) is 42.3 Å². The fourth-order valence-corrected chi connectivity index (χ4v) is 3.28. The van der Waals surface area contributed by atoms with E-state index in [-0.39, 0.29) is 0 Å². The van der Waals surface area contributed by atoms with Crippen molar-refractivity contribution in [2.75, 3.05) is 13.7 Å². The van der Waals surface area contributed by atoms with E-state index in [1.165, 1.54) is 0 Å². The number of piperidine rings is 1. The van der Waals surface area contributed by atoms with Crippen LogP contribution in [-0.2, 0) is 6.42 Å². The minimum Gasteiger partial charge on any atom is -0.497 e. The van der Waals surface area contributed by atoms with Gasteiger partial charge in [0, 0.05) is 17.5 Å². The third kappa shape index (κ3) is 3.62. The average Bonchev–Trinajstić information content (AvgIpc) is 3.32. The van der Waals surface area contributed by atoms with E-state index in [9.17, 15) is 0 Å². The fraction of sp³-hybridized carbons (Fsp3) is 0.421. The third-order valence-corrected chi connectivity index (χ3v) is 4.68. The molecule has 0 radical (unpaired) electrons. The maximum absolute atomic E-state index is 5.59. The molecule has 1 saturated heterocycles. The molecule has 1 aliphatic heterocycles. The molecule has 1 aliphatic rings. The van der Waals surface area contributed by atoms with E-state index in [2.05, 4.69) is 27.4 Å². The topological polar surface area (TPSA) is 86.2 Å². The first-order valence-corrected chi connectivity index (χ1v) is 8.86. The van der Waals surface area contributed by atoms with Gasteiger partial charge in [-0.15, -0.1) is 0 Å². The molecule has 2 atom stereocenters. The monoisotopic (exact) mass is 354 g/mol. The summed E-state index contributed by atoms with van der Waals surface area (Å²) in [5.74, 6) is 3.07. The Morgan fingerprint density at radius 1 is 1.23 bits per heavy atom. The summed E-state index contributed by atoms with van der Waals surface area (Å²) in [5.41, 5.74) is 1.68. The molecule has 0 spiro atoms. The molecule has 0 unspecified atom stereocenters. The smallest absolute Gasteiger partial charge is 0.229 e. The number of nitrogens with one attached hydrogen (secondary N) is 1. The number of methoxy groups -OCH3 is 1. The lowest BCUT2D eigenvalue weighted by Gasteiger charge is -2.25. The van der Waals surface area contributed by atoms with E-state index in [4.69, 9.17) is 13.7 Å². The standard InChI is InChI=1S/C19H22N4O3/c1-12-9-14(7-8-20-12)19-22-17(23-26-19)10-15-11-25-18(21-15)13-3-5-16(24-2)6-4-13/h3-6,11-12,14,20H,7-10H2,1-2H3/t12-,14-/m0/s1. The van der Waals surface area contributed by atoms with Gasteiger partial charge >= 0.3 is 0 Å². The first kappa shape index (κ1) is 16.8. The van der Waals surface area contributed by atoms with Gasteiger partial charge in [-0.2, -0.15) is 4.98 Å². The summed E-state index contributed by atoms with van der Waals surface area (Å²) in [6, 6.07) is 8.07. The first-order valence-electron chi connectivity index (χ1n) is 8.86. The molecule has 136 valence electrons. The van der Waals surface area contributed by atoms with Crippen molar-refractivity contribution >= 4 is 0 Å². The maximum atomic E-state index is 5.59. The molecular weight excluding hydrogens is 332 g/mol. The van der Waals surface area contributed by atoms with E-state index < -0.39 is 0 Å². The fourth-order valence-electron chi connectivity index (χ4n) is 3.28. The Morgan fingerprint density at radius 3 is 2.85 bits per heavy atom. The van der Waals surface area contributed by atoms with Crippen molar-refractivity contribution in [3.63, 3.8) is 0 Å². The lowest BCUT2D eigenvalue weighted by atomic mass is 9.93. The van der Waals surface area contributed by atoms with E-state index in [1.807, 2.05) is 24.3 Å². The van der Waals surface area contributed by atoms with Crippen LogP contribution < -0.4 is 10.1 Å². The lowest BCUT2D eigenvalue weighted by molar-refractivity contribution is 0.294. The van der Waals surface area contributed by atoms with Crippen LogP contribution in [0, 0.1) is 0 Å². The minimum absolute atomic E-state index is 0.333. The van der Waals surface area contributed by atoms with Gasteiger partial charge in [0.05, 0.1) is 19.2 Å². The number of benzene rings is 1. The second kappa shape index (κ2) is 7.29. The molecule has 0 aliphatic carbocycles. The highest BCUT2D eigenvalue weighted by molar-refractivity contribution is 5.54. The molecule has 1 fully saturated rings. The molecule has 1 N–H and O–H groups in total. The van der Waals surface area contributed by atoms with Gasteiger partial charge in [-0.05, 0) is 50.6 Å². The molecule has 1 aromatic carbocycles. The first-order chi connectivity index (χ1) is 12.7. The number of hydrogen-bond donors (Lipinski definition) is 1.